The Morgan fingerprint density at radius 3 is 2.45 bits per heavy atom. The van der Waals surface area contributed by atoms with Crippen LogP contribution in [-0.4, -0.2) is 6.09 Å². The monoisotopic (exact) mass is 297 g/mol. The van der Waals surface area contributed by atoms with Gasteiger partial charge in [0.25, 0.3) is 0 Å². The van der Waals surface area contributed by atoms with E-state index in [0.29, 0.717) is 5.75 Å². The van der Waals surface area contributed by atoms with Crippen LogP contribution >= 0.6 is 0 Å². The van der Waals surface area contributed by atoms with E-state index in [1.54, 1.807) is 0 Å². The number of carbonyl (C=O) groups is 1. The van der Waals surface area contributed by atoms with Crippen LogP contribution in [-0.2, 0) is 6.42 Å². The highest BCUT2D eigenvalue weighted by molar-refractivity contribution is 5.87. The standard InChI is InChI=1S/C19H23NO2/c1-4-5-6-16-8-10-17(11-9-16)22-19(21)20-18-12-7-14(2)13-15(18)3/h7-13H,4-6H2,1-3H3,(H,20,21). The third kappa shape index (κ3) is 4.62. The summed E-state index contributed by atoms with van der Waals surface area (Å²) in [7, 11) is 0. The molecule has 116 valence electrons. The Morgan fingerprint density at radius 2 is 1.82 bits per heavy atom. The van der Waals surface area contributed by atoms with Crippen molar-refractivity contribution in [1.82, 2.24) is 0 Å². The van der Waals surface area contributed by atoms with Gasteiger partial charge in [-0.05, 0) is 56.0 Å². The molecular weight excluding hydrogens is 274 g/mol. The molecule has 0 heterocycles. The summed E-state index contributed by atoms with van der Waals surface area (Å²) in [6.45, 7) is 6.16. The second-order valence-electron chi connectivity index (χ2n) is 5.58. The molecular formula is C19H23NO2. The van der Waals surface area contributed by atoms with Gasteiger partial charge in [-0.3, -0.25) is 5.32 Å². The van der Waals surface area contributed by atoms with Crippen molar-refractivity contribution >= 4 is 11.8 Å². The van der Waals surface area contributed by atoms with Gasteiger partial charge < -0.3 is 4.74 Å². The summed E-state index contributed by atoms with van der Waals surface area (Å²) >= 11 is 0. The largest absolute Gasteiger partial charge is 0.417 e. The second-order valence-corrected chi connectivity index (χ2v) is 5.58. The molecule has 0 unspecified atom stereocenters. The lowest BCUT2D eigenvalue weighted by atomic mass is 10.1. The summed E-state index contributed by atoms with van der Waals surface area (Å²) in [5.74, 6) is 0.558. The van der Waals surface area contributed by atoms with Crippen LogP contribution < -0.4 is 10.1 Å². The van der Waals surface area contributed by atoms with E-state index >= 15 is 0 Å². The fourth-order valence-corrected chi connectivity index (χ4v) is 2.30. The molecule has 2 aromatic carbocycles. The van der Waals surface area contributed by atoms with Gasteiger partial charge in [0.2, 0.25) is 0 Å². The Bertz CT molecular complexity index is 632. The van der Waals surface area contributed by atoms with E-state index in [-0.39, 0.29) is 0 Å². The fraction of sp³-hybridized carbons (Fsp3) is 0.316. The van der Waals surface area contributed by atoms with Crippen molar-refractivity contribution in [2.75, 3.05) is 5.32 Å². The number of rotatable bonds is 5. The van der Waals surface area contributed by atoms with E-state index in [1.165, 1.54) is 24.0 Å². The average molecular weight is 297 g/mol. The number of anilines is 1. The number of unbranched alkanes of at least 4 members (excludes halogenated alkanes) is 1. The molecule has 0 saturated carbocycles. The maximum atomic E-state index is 11.9. The lowest BCUT2D eigenvalue weighted by molar-refractivity contribution is 0.215. The maximum Gasteiger partial charge on any atom is 0.417 e. The Kier molecular flexibility index (Phi) is 5.59. The minimum atomic E-state index is -0.465. The number of aryl methyl sites for hydroxylation is 3. The zero-order valence-electron chi connectivity index (χ0n) is 13.5. The van der Waals surface area contributed by atoms with Gasteiger partial charge in [-0.15, -0.1) is 0 Å². The summed E-state index contributed by atoms with van der Waals surface area (Å²) in [5.41, 5.74) is 4.23. The lowest BCUT2D eigenvalue weighted by Gasteiger charge is -2.10. The molecule has 0 radical (unpaired) electrons. The number of carbonyl (C=O) groups excluding carboxylic acids is 1. The van der Waals surface area contributed by atoms with E-state index in [1.807, 2.05) is 56.3 Å². The van der Waals surface area contributed by atoms with Gasteiger partial charge in [0.15, 0.2) is 0 Å². The quantitative estimate of drug-likeness (QED) is 0.817. The Hall–Kier alpha value is -2.29. The molecule has 1 amide bonds. The number of ether oxygens (including phenoxy) is 1. The van der Waals surface area contributed by atoms with Gasteiger partial charge in [-0.25, -0.2) is 4.79 Å². The molecule has 0 aliphatic carbocycles. The van der Waals surface area contributed by atoms with Crippen molar-refractivity contribution in [3.8, 4) is 5.75 Å². The highest BCUT2D eigenvalue weighted by Gasteiger charge is 2.07. The first-order valence-electron chi connectivity index (χ1n) is 7.73. The Balaban J connectivity index is 1.94. The van der Waals surface area contributed by atoms with Crippen LogP contribution in [0.4, 0.5) is 10.5 Å². The molecule has 0 aromatic heterocycles. The molecule has 2 rings (SSSR count). The third-order valence-electron chi connectivity index (χ3n) is 3.57. The molecule has 0 bridgehead atoms. The molecule has 3 heteroatoms. The number of amides is 1. The van der Waals surface area contributed by atoms with Crippen LogP contribution in [0.25, 0.3) is 0 Å². The van der Waals surface area contributed by atoms with Crippen LogP contribution in [0.1, 0.15) is 36.5 Å². The summed E-state index contributed by atoms with van der Waals surface area (Å²) in [5, 5.41) is 2.77. The van der Waals surface area contributed by atoms with Gasteiger partial charge in [0.1, 0.15) is 5.75 Å². The van der Waals surface area contributed by atoms with Crippen LogP contribution in [0.15, 0.2) is 42.5 Å². The van der Waals surface area contributed by atoms with Gasteiger partial charge in [-0.1, -0.05) is 43.2 Å². The third-order valence-corrected chi connectivity index (χ3v) is 3.57. The molecule has 0 fully saturated rings. The minimum absolute atomic E-state index is 0.465. The number of nitrogens with one attached hydrogen (secondary N) is 1. The maximum absolute atomic E-state index is 11.9. The number of hydrogen-bond acceptors (Lipinski definition) is 2. The second kappa shape index (κ2) is 7.64. The molecule has 2 aromatic rings. The van der Waals surface area contributed by atoms with Crippen molar-refractivity contribution in [3.63, 3.8) is 0 Å². The van der Waals surface area contributed by atoms with E-state index < -0.39 is 6.09 Å². The molecule has 22 heavy (non-hydrogen) atoms. The zero-order chi connectivity index (χ0) is 15.9. The Morgan fingerprint density at radius 1 is 1.09 bits per heavy atom. The zero-order valence-corrected chi connectivity index (χ0v) is 13.5. The van der Waals surface area contributed by atoms with Crippen molar-refractivity contribution in [2.45, 2.75) is 40.0 Å². The van der Waals surface area contributed by atoms with E-state index in [0.717, 1.165) is 17.7 Å². The lowest BCUT2D eigenvalue weighted by Crippen LogP contribution is -2.17. The topological polar surface area (TPSA) is 38.3 Å². The first-order valence-corrected chi connectivity index (χ1v) is 7.73. The van der Waals surface area contributed by atoms with Crippen molar-refractivity contribution < 1.29 is 9.53 Å². The van der Waals surface area contributed by atoms with Gasteiger partial charge in [0.05, 0.1) is 0 Å². The predicted molar refractivity (Wildman–Crippen MR) is 90.6 cm³/mol. The van der Waals surface area contributed by atoms with Gasteiger partial charge >= 0.3 is 6.09 Å². The van der Waals surface area contributed by atoms with Gasteiger partial charge in [-0.2, -0.15) is 0 Å². The van der Waals surface area contributed by atoms with Crippen molar-refractivity contribution in [2.24, 2.45) is 0 Å². The average Bonchev–Trinajstić information content (AvgIpc) is 2.49. The highest BCUT2D eigenvalue weighted by Crippen LogP contribution is 2.18. The summed E-state index contributed by atoms with van der Waals surface area (Å²) in [6, 6.07) is 13.6. The van der Waals surface area contributed by atoms with Crippen LogP contribution in [0, 0.1) is 13.8 Å². The first-order chi connectivity index (χ1) is 10.6. The van der Waals surface area contributed by atoms with E-state index in [2.05, 4.69) is 12.2 Å². The highest BCUT2D eigenvalue weighted by atomic mass is 16.6. The number of benzene rings is 2. The summed E-state index contributed by atoms with van der Waals surface area (Å²) < 4.78 is 5.31. The summed E-state index contributed by atoms with van der Waals surface area (Å²) in [6.07, 6.45) is 2.95. The molecule has 0 aliphatic rings. The number of hydrogen-bond donors (Lipinski definition) is 1. The Labute approximate surface area is 132 Å². The molecule has 0 saturated heterocycles. The van der Waals surface area contributed by atoms with Crippen LogP contribution in [0.5, 0.6) is 5.75 Å². The smallest absolute Gasteiger partial charge is 0.410 e. The van der Waals surface area contributed by atoms with E-state index in [4.69, 9.17) is 4.74 Å². The predicted octanol–water partition coefficient (Wildman–Crippen LogP) is 5.26. The molecule has 0 atom stereocenters. The molecule has 0 aliphatic heterocycles. The van der Waals surface area contributed by atoms with Crippen molar-refractivity contribution in [1.29, 1.82) is 0 Å². The van der Waals surface area contributed by atoms with Crippen molar-refractivity contribution in [3.05, 3.63) is 59.2 Å². The molecule has 3 nitrogen and oxygen atoms in total. The van der Waals surface area contributed by atoms with Crippen LogP contribution in [0.2, 0.25) is 0 Å². The SMILES string of the molecule is CCCCc1ccc(OC(=O)Nc2ccc(C)cc2C)cc1. The van der Waals surface area contributed by atoms with E-state index in [9.17, 15) is 4.79 Å². The van der Waals surface area contributed by atoms with Crippen LogP contribution in [0.3, 0.4) is 0 Å². The van der Waals surface area contributed by atoms with Gasteiger partial charge in [0, 0.05) is 5.69 Å². The molecule has 1 N–H and O–H groups in total. The first kappa shape index (κ1) is 16.1. The fourth-order valence-electron chi connectivity index (χ4n) is 2.30. The minimum Gasteiger partial charge on any atom is -0.410 e. The normalized spacial score (nSPS) is 10.3. The summed E-state index contributed by atoms with van der Waals surface area (Å²) in [4.78, 5) is 11.9. The molecule has 0 spiro atoms.